The summed E-state index contributed by atoms with van der Waals surface area (Å²) < 4.78 is 0. The summed E-state index contributed by atoms with van der Waals surface area (Å²) in [6.07, 6.45) is 2.18. The molecule has 0 fully saturated rings. The molecule has 0 spiro atoms. The first-order valence-corrected chi connectivity index (χ1v) is 1.45. The Morgan fingerprint density at radius 1 is 1.83 bits per heavy atom. The third-order valence-corrected chi connectivity index (χ3v) is 0.260. The van der Waals surface area contributed by atoms with E-state index in [0.29, 0.717) is 0 Å². The first-order chi connectivity index (χ1) is 2.77. The number of primary amides is 1. The monoisotopic (exact) mass is 83.0 g/mol. The minimum Gasteiger partial charge on any atom is -0.366 e. The van der Waals surface area contributed by atoms with Crippen LogP contribution in [0.3, 0.4) is 0 Å². The van der Waals surface area contributed by atoms with Gasteiger partial charge in [-0.25, -0.2) is 0 Å². The van der Waals surface area contributed by atoms with E-state index in [0.717, 1.165) is 12.2 Å². The van der Waals surface area contributed by atoms with Gasteiger partial charge >= 0.3 is 0 Å². The van der Waals surface area contributed by atoms with E-state index in [1.807, 2.05) is 0 Å². The third-order valence-electron chi connectivity index (χ3n) is 0.260. The fraction of sp³-hybridized carbons (Fsp3) is 0. The molecule has 0 aliphatic carbocycles. The van der Waals surface area contributed by atoms with Crippen LogP contribution < -0.4 is 5.73 Å². The van der Waals surface area contributed by atoms with Crippen molar-refractivity contribution in [3.05, 3.63) is 19.1 Å². The Morgan fingerprint density at radius 2 is 2.33 bits per heavy atom. The van der Waals surface area contributed by atoms with Gasteiger partial charge in [0.1, 0.15) is 0 Å². The van der Waals surface area contributed by atoms with Crippen molar-refractivity contribution in [2.24, 2.45) is 5.73 Å². The number of rotatable bonds is 1. The van der Waals surface area contributed by atoms with Gasteiger partial charge in [-0.2, -0.15) is 0 Å². The number of nitrogens with two attached hydrogens (primary N) is 1. The van der Waals surface area contributed by atoms with Crippen LogP contribution in [0.5, 0.6) is 0 Å². The summed E-state index contributed by atoms with van der Waals surface area (Å²) in [7, 11) is 0. The number of amides is 1. The average Bonchev–Trinajstić information content (AvgIpc) is 1.35. The molecule has 0 bridgehead atoms. The van der Waals surface area contributed by atoms with Crippen LogP contribution in [-0.4, -0.2) is 5.91 Å². The predicted molar refractivity (Wildman–Crippen MR) is 22.6 cm³/mol. The molecular formula is C4H5NO. The topological polar surface area (TPSA) is 43.1 Å². The minimum absolute atomic E-state index is 0.516. The van der Waals surface area contributed by atoms with E-state index >= 15 is 0 Å². The van der Waals surface area contributed by atoms with Crippen molar-refractivity contribution in [3.63, 3.8) is 0 Å². The SMILES string of the molecule is [CH]C=CC(N)=O. The quantitative estimate of drug-likeness (QED) is 0.436. The summed E-state index contributed by atoms with van der Waals surface area (Å²) >= 11 is 0. The second-order valence-corrected chi connectivity index (χ2v) is 0.761. The molecule has 0 aliphatic heterocycles. The van der Waals surface area contributed by atoms with Crippen LogP contribution in [0.4, 0.5) is 0 Å². The van der Waals surface area contributed by atoms with Gasteiger partial charge in [-0.05, 0) is 13.0 Å². The molecule has 2 heteroatoms. The molecule has 0 aromatic carbocycles. The van der Waals surface area contributed by atoms with Crippen LogP contribution in [0.15, 0.2) is 12.2 Å². The number of hydrogen-bond donors (Lipinski definition) is 1. The van der Waals surface area contributed by atoms with Crippen molar-refractivity contribution in [2.45, 2.75) is 0 Å². The molecule has 0 saturated carbocycles. The van der Waals surface area contributed by atoms with Crippen molar-refractivity contribution in [1.29, 1.82) is 0 Å². The van der Waals surface area contributed by atoms with E-state index in [2.05, 4.69) is 5.73 Å². The van der Waals surface area contributed by atoms with E-state index < -0.39 is 5.91 Å². The second kappa shape index (κ2) is 2.45. The fourth-order valence-corrected chi connectivity index (χ4v) is 0.0948. The Bertz CT molecular complexity index is 75.6. The van der Waals surface area contributed by atoms with Gasteiger partial charge < -0.3 is 5.73 Å². The van der Waals surface area contributed by atoms with Crippen LogP contribution in [0, 0.1) is 6.92 Å². The molecule has 0 rings (SSSR count). The summed E-state index contributed by atoms with van der Waals surface area (Å²) in [6.45, 7) is 4.75. The van der Waals surface area contributed by atoms with Crippen molar-refractivity contribution in [3.8, 4) is 0 Å². The molecule has 6 heavy (non-hydrogen) atoms. The average molecular weight is 83.1 g/mol. The molecule has 1 amide bonds. The van der Waals surface area contributed by atoms with Crippen molar-refractivity contribution in [1.82, 2.24) is 0 Å². The van der Waals surface area contributed by atoms with Gasteiger partial charge in [-0.3, -0.25) is 4.79 Å². The van der Waals surface area contributed by atoms with E-state index in [-0.39, 0.29) is 0 Å². The predicted octanol–water partition coefficient (Wildman–Crippen LogP) is -0.261. The van der Waals surface area contributed by atoms with Gasteiger partial charge in [0.25, 0.3) is 0 Å². The molecule has 2 radical (unpaired) electrons. The van der Waals surface area contributed by atoms with Crippen molar-refractivity contribution < 1.29 is 4.79 Å². The highest BCUT2D eigenvalue weighted by Gasteiger charge is 1.73. The summed E-state index contributed by atoms with van der Waals surface area (Å²) in [5, 5.41) is 0. The Hall–Kier alpha value is -0.790. The zero-order chi connectivity index (χ0) is 4.99. The molecular weight excluding hydrogens is 78.0 g/mol. The first-order valence-electron chi connectivity index (χ1n) is 1.45. The first kappa shape index (κ1) is 5.21. The Kier molecular flexibility index (Phi) is 2.13. The maximum Gasteiger partial charge on any atom is 0.241 e. The lowest BCUT2D eigenvalue weighted by Gasteiger charge is -1.69. The number of hydrogen-bond acceptors (Lipinski definition) is 1. The molecule has 0 aromatic heterocycles. The van der Waals surface area contributed by atoms with Crippen LogP contribution >= 0.6 is 0 Å². The van der Waals surface area contributed by atoms with Gasteiger partial charge in [0.2, 0.25) is 5.91 Å². The smallest absolute Gasteiger partial charge is 0.241 e. The molecule has 0 saturated heterocycles. The van der Waals surface area contributed by atoms with Gasteiger partial charge in [0.15, 0.2) is 0 Å². The maximum atomic E-state index is 9.65. The van der Waals surface area contributed by atoms with Crippen molar-refractivity contribution in [2.75, 3.05) is 0 Å². The number of carbonyl (C=O) groups excluding carboxylic acids is 1. The van der Waals surface area contributed by atoms with E-state index in [4.69, 9.17) is 6.92 Å². The van der Waals surface area contributed by atoms with Crippen LogP contribution in [0.2, 0.25) is 0 Å². The minimum atomic E-state index is -0.516. The highest BCUT2D eigenvalue weighted by molar-refractivity contribution is 5.85. The highest BCUT2D eigenvalue weighted by Crippen LogP contribution is 1.61. The van der Waals surface area contributed by atoms with E-state index in [1.54, 1.807) is 0 Å². The lowest BCUT2D eigenvalue weighted by atomic mass is 10.5. The lowest BCUT2D eigenvalue weighted by molar-refractivity contribution is -0.113. The summed E-state index contributed by atoms with van der Waals surface area (Å²) in [5.41, 5.74) is 4.60. The Labute approximate surface area is 36.6 Å². The normalized spacial score (nSPS) is 9.50. The zero-order valence-electron chi connectivity index (χ0n) is 3.22. The molecule has 0 atom stereocenters. The molecule has 0 aromatic rings. The highest BCUT2D eigenvalue weighted by atomic mass is 16.1. The number of carbonyl (C=O) groups is 1. The van der Waals surface area contributed by atoms with E-state index in [9.17, 15) is 4.79 Å². The standard InChI is InChI=1S/C4H5NO/c1-2-3-4(5)6/h1-3H,(H2,5,6). The molecule has 0 unspecified atom stereocenters. The van der Waals surface area contributed by atoms with Gasteiger partial charge in [-0.1, -0.05) is 6.08 Å². The maximum absolute atomic E-state index is 9.65. The van der Waals surface area contributed by atoms with Gasteiger partial charge in [0, 0.05) is 0 Å². The molecule has 2 N–H and O–H groups in total. The largest absolute Gasteiger partial charge is 0.366 e. The molecule has 2 nitrogen and oxygen atoms in total. The second-order valence-electron chi connectivity index (χ2n) is 0.761. The molecule has 32 valence electrons. The Morgan fingerprint density at radius 3 is 2.33 bits per heavy atom. The number of allylic oxidation sites excluding steroid dienone is 1. The van der Waals surface area contributed by atoms with Crippen LogP contribution in [-0.2, 0) is 4.79 Å². The third kappa shape index (κ3) is 3.21. The zero-order valence-corrected chi connectivity index (χ0v) is 3.22. The lowest BCUT2D eigenvalue weighted by Crippen LogP contribution is -2.04. The molecule has 0 aliphatic rings. The summed E-state index contributed by atoms with van der Waals surface area (Å²) in [6, 6.07) is 0. The fourth-order valence-electron chi connectivity index (χ4n) is 0.0948. The molecule has 0 heterocycles. The van der Waals surface area contributed by atoms with Crippen molar-refractivity contribution >= 4 is 5.91 Å². The Balaban J connectivity index is 3.30. The van der Waals surface area contributed by atoms with Crippen LogP contribution in [0.25, 0.3) is 0 Å². The van der Waals surface area contributed by atoms with Gasteiger partial charge in [-0.15, -0.1) is 0 Å². The van der Waals surface area contributed by atoms with Gasteiger partial charge in [0.05, 0.1) is 0 Å². The summed E-state index contributed by atoms with van der Waals surface area (Å²) in [4.78, 5) is 9.65. The summed E-state index contributed by atoms with van der Waals surface area (Å²) in [5.74, 6) is -0.516. The van der Waals surface area contributed by atoms with E-state index in [1.165, 1.54) is 0 Å². The van der Waals surface area contributed by atoms with Crippen LogP contribution in [0.1, 0.15) is 0 Å².